The molecule has 16 heavy (non-hydrogen) atoms. The molecule has 0 atom stereocenters. The van der Waals surface area contributed by atoms with Crippen molar-refractivity contribution in [3.8, 4) is 11.5 Å². The fraction of sp³-hybridized carbons (Fsp3) is 0.286. The third kappa shape index (κ3) is 3.81. The van der Waals surface area contributed by atoms with Crippen molar-refractivity contribution in [2.24, 2.45) is 0 Å². The molecule has 0 aliphatic heterocycles. The molecule has 0 spiro atoms. The van der Waals surface area contributed by atoms with Crippen LogP contribution < -0.4 is 4.74 Å². The van der Waals surface area contributed by atoms with E-state index in [0.29, 0.717) is 5.75 Å². The summed E-state index contributed by atoms with van der Waals surface area (Å²) in [6.07, 6.45) is 9.28. The highest BCUT2D eigenvalue weighted by atomic mass is 16.5. The molecule has 0 saturated carbocycles. The van der Waals surface area contributed by atoms with Crippen LogP contribution in [0.1, 0.15) is 24.8 Å². The van der Waals surface area contributed by atoms with Gasteiger partial charge in [0.2, 0.25) is 0 Å². The SMILES string of the molecule is C=CCCCC=Cc1ccc(O)c(OC)c1. The van der Waals surface area contributed by atoms with Crippen LogP contribution in [0, 0.1) is 0 Å². The van der Waals surface area contributed by atoms with E-state index in [0.717, 1.165) is 24.8 Å². The van der Waals surface area contributed by atoms with Crippen LogP contribution in [0.15, 0.2) is 36.9 Å². The van der Waals surface area contributed by atoms with E-state index in [1.165, 1.54) is 0 Å². The van der Waals surface area contributed by atoms with Gasteiger partial charge in [-0.2, -0.15) is 0 Å². The predicted molar refractivity (Wildman–Crippen MR) is 67.7 cm³/mol. The molecule has 0 bridgehead atoms. The first kappa shape index (κ1) is 12.4. The van der Waals surface area contributed by atoms with E-state index < -0.39 is 0 Å². The number of allylic oxidation sites excluding steroid dienone is 2. The zero-order chi connectivity index (χ0) is 11.8. The molecule has 1 N–H and O–H groups in total. The Balaban J connectivity index is 2.56. The second kappa shape index (κ2) is 6.72. The molecule has 1 aromatic carbocycles. The molecular weight excluding hydrogens is 200 g/mol. The van der Waals surface area contributed by atoms with E-state index in [2.05, 4.69) is 12.7 Å². The zero-order valence-electron chi connectivity index (χ0n) is 9.65. The zero-order valence-corrected chi connectivity index (χ0v) is 9.65. The Kier molecular flexibility index (Phi) is 5.20. The van der Waals surface area contributed by atoms with Crippen LogP contribution in [0.3, 0.4) is 0 Å². The van der Waals surface area contributed by atoms with Crippen molar-refractivity contribution in [3.05, 3.63) is 42.5 Å². The maximum absolute atomic E-state index is 9.42. The summed E-state index contributed by atoms with van der Waals surface area (Å²) in [6, 6.07) is 5.32. The second-order valence-corrected chi connectivity index (χ2v) is 3.55. The van der Waals surface area contributed by atoms with Gasteiger partial charge < -0.3 is 9.84 Å². The van der Waals surface area contributed by atoms with Gasteiger partial charge >= 0.3 is 0 Å². The van der Waals surface area contributed by atoms with Gasteiger partial charge in [-0.3, -0.25) is 0 Å². The molecule has 0 aromatic heterocycles. The van der Waals surface area contributed by atoms with E-state index in [9.17, 15) is 5.11 Å². The average Bonchev–Trinajstić information content (AvgIpc) is 2.31. The number of rotatable bonds is 6. The normalized spacial score (nSPS) is 10.6. The third-order valence-electron chi connectivity index (χ3n) is 2.29. The van der Waals surface area contributed by atoms with Crippen molar-refractivity contribution < 1.29 is 9.84 Å². The minimum absolute atomic E-state index is 0.173. The van der Waals surface area contributed by atoms with Gasteiger partial charge in [0.1, 0.15) is 0 Å². The fourth-order valence-electron chi connectivity index (χ4n) is 1.40. The summed E-state index contributed by atoms with van der Waals surface area (Å²) in [5, 5.41) is 9.42. The number of hydrogen-bond donors (Lipinski definition) is 1. The molecule has 1 rings (SSSR count). The highest BCUT2D eigenvalue weighted by Gasteiger charge is 1.99. The van der Waals surface area contributed by atoms with Crippen LogP contribution >= 0.6 is 0 Å². The smallest absolute Gasteiger partial charge is 0.161 e. The van der Waals surface area contributed by atoms with Gasteiger partial charge in [-0.1, -0.05) is 24.3 Å². The lowest BCUT2D eigenvalue weighted by Crippen LogP contribution is -1.84. The standard InChI is InChI=1S/C14H18O2/c1-3-4-5-6-7-8-12-9-10-13(15)14(11-12)16-2/h3,7-11,15H,1,4-6H2,2H3. The van der Waals surface area contributed by atoms with E-state index in [1.807, 2.05) is 24.3 Å². The van der Waals surface area contributed by atoms with E-state index in [4.69, 9.17) is 4.74 Å². The quantitative estimate of drug-likeness (QED) is 0.581. The Morgan fingerprint density at radius 3 is 2.88 bits per heavy atom. The van der Waals surface area contributed by atoms with Gasteiger partial charge in [-0.05, 0) is 37.0 Å². The van der Waals surface area contributed by atoms with Crippen LogP contribution in [0.5, 0.6) is 11.5 Å². The molecule has 1 aromatic rings. The summed E-state index contributed by atoms with van der Waals surface area (Å²) in [4.78, 5) is 0. The van der Waals surface area contributed by atoms with Crippen molar-refractivity contribution in [1.82, 2.24) is 0 Å². The number of aromatic hydroxyl groups is 1. The van der Waals surface area contributed by atoms with Gasteiger partial charge in [0.25, 0.3) is 0 Å². The van der Waals surface area contributed by atoms with Gasteiger partial charge in [0, 0.05) is 0 Å². The molecule has 2 nitrogen and oxygen atoms in total. The molecule has 86 valence electrons. The summed E-state index contributed by atoms with van der Waals surface area (Å²) >= 11 is 0. The average molecular weight is 218 g/mol. The second-order valence-electron chi connectivity index (χ2n) is 3.55. The molecule has 0 fully saturated rings. The molecule has 0 unspecified atom stereocenters. The number of unbranched alkanes of at least 4 members (excludes halogenated alkanes) is 2. The van der Waals surface area contributed by atoms with Crippen LogP contribution in [0.25, 0.3) is 6.08 Å². The summed E-state index contributed by atoms with van der Waals surface area (Å²) in [5.74, 6) is 0.680. The first-order valence-electron chi connectivity index (χ1n) is 5.42. The van der Waals surface area contributed by atoms with Crippen LogP contribution in [-0.4, -0.2) is 12.2 Å². The van der Waals surface area contributed by atoms with Gasteiger partial charge in [-0.15, -0.1) is 6.58 Å². The van der Waals surface area contributed by atoms with Crippen molar-refractivity contribution in [3.63, 3.8) is 0 Å². The van der Waals surface area contributed by atoms with E-state index in [1.54, 1.807) is 13.2 Å². The summed E-state index contributed by atoms with van der Waals surface area (Å²) in [7, 11) is 1.55. The molecule has 0 heterocycles. The fourth-order valence-corrected chi connectivity index (χ4v) is 1.40. The number of hydrogen-bond acceptors (Lipinski definition) is 2. The molecule has 2 heteroatoms. The molecule has 0 radical (unpaired) electrons. The number of phenols is 1. The summed E-state index contributed by atoms with van der Waals surface area (Å²) in [6.45, 7) is 3.68. The Bertz CT molecular complexity index is 367. The van der Waals surface area contributed by atoms with Crippen molar-refractivity contribution in [2.75, 3.05) is 7.11 Å². The topological polar surface area (TPSA) is 29.5 Å². The maximum atomic E-state index is 9.42. The first-order valence-corrected chi connectivity index (χ1v) is 5.42. The summed E-state index contributed by atoms with van der Waals surface area (Å²) < 4.78 is 5.03. The number of methoxy groups -OCH3 is 1. The largest absolute Gasteiger partial charge is 0.504 e. The minimum atomic E-state index is 0.173. The number of benzene rings is 1. The monoisotopic (exact) mass is 218 g/mol. The highest BCUT2D eigenvalue weighted by molar-refractivity contribution is 5.55. The van der Waals surface area contributed by atoms with Gasteiger partial charge in [-0.25, -0.2) is 0 Å². The Labute approximate surface area is 96.9 Å². The van der Waals surface area contributed by atoms with Gasteiger partial charge in [0.05, 0.1) is 7.11 Å². The van der Waals surface area contributed by atoms with Crippen molar-refractivity contribution in [1.29, 1.82) is 0 Å². The van der Waals surface area contributed by atoms with Crippen LogP contribution in [-0.2, 0) is 0 Å². The molecule has 0 aliphatic rings. The lowest BCUT2D eigenvalue weighted by atomic mass is 10.1. The lowest BCUT2D eigenvalue weighted by molar-refractivity contribution is 0.373. The van der Waals surface area contributed by atoms with E-state index >= 15 is 0 Å². The summed E-state index contributed by atoms with van der Waals surface area (Å²) in [5.41, 5.74) is 1.04. The third-order valence-corrected chi connectivity index (χ3v) is 2.29. The maximum Gasteiger partial charge on any atom is 0.161 e. The van der Waals surface area contributed by atoms with Crippen LogP contribution in [0.2, 0.25) is 0 Å². The van der Waals surface area contributed by atoms with Crippen LogP contribution in [0.4, 0.5) is 0 Å². The van der Waals surface area contributed by atoms with Gasteiger partial charge in [0.15, 0.2) is 11.5 Å². The molecular formula is C14H18O2. The number of ether oxygens (including phenoxy) is 1. The minimum Gasteiger partial charge on any atom is -0.504 e. The molecule has 0 amide bonds. The highest BCUT2D eigenvalue weighted by Crippen LogP contribution is 2.26. The molecule has 0 aliphatic carbocycles. The first-order chi connectivity index (χ1) is 7.77. The predicted octanol–water partition coefficient (Wildman–Crippen LogP) is 3.77. The van der Waals surface area contributed by atoms with E-state index in [-0.39, 0.29) is 5.75 Å². The van der Waals surface area contributed by atoms with Crippen molar-refractivity contribution in [2.45, 2.75) is 19.3 Å². The lowest BCUT2D eigenvalue weighted by Gasteiger charge is -2.03. The molecule has 0 saturated heterocycles. The number of phenolic OH excluding ortho intramolecular Hbond substituents is 1. The van der Waals surface area contributed by atoms with Crippen molar-refractivity contribution >= 4 is 6.08 Å². The Morgan fingerprint density at radius 1 is 1.38 bits per heavy atom. The Hall–Kier alpha value is -1.70. The Morgan fingerprint density at radius 2 is 2.19 bits per heavy atom.